The fourth-order valence-corrected chi connectivity index (χ4v) is 11.3. The van der Waals surface area contributed by atoms with Crippen molar-refractivity contribution >= 4 is 6.09 Å². The number of fused-ring (bicyclic) bond motifs is 4. The van der Waals surface area contributed by atoms with Gasteiger partial charge in [0.05, 0.1) is 18.3 Å². The molecular weight excluding hydrogens is 438 g/mol. The van der Waals surface area contributed by atoms with E-state index in [0.717, 1.165) is 24.7 Å². The summed E-state index contributed by atoms with van der Waals surface area (Å²) in [6.07, 6.45) is 12.1. The first kappa shape index (κ1) is 24.5. The highest BCUT2D eigenvalue weighted by Crippen LogP contribution is 2.87. The zero-order valence-electron chi connectivity index (χ0n) is 22.9. The normalized spacial score (nSPS) is 52.3. The predicted octanol–water partition coefficient (Wildman–Crippen LogP) is 5.93. The van der Waals surface area contributed by atoms with Crippen LogP contribution in [0.2, 0.25) is 0 Å². The number of alkyl carbamates (subject to hydrolysis) is 1. The molecule has 1 heterocycles. The highest BCUT2D eigenvalue weighted by molar-refractivity contribution is 5.66. The molecule has 5 heteroatoms. The summed E-state index contributed by atoms with van der Waals surface area (Å²) in [4.78, 5) is 12.0. The van der Waals surface area contributed by atoms with Crippen LogP contribution in [0.4, 0.5) is 4.79 Å². The summed E-state index contributed by atoms with van der Waals surface area (Å²) in [6, 6.07) is 0. The second-order valence-electron chi connectivity index (χ2n) is 14.7. The Morgan fingerprint density at radius 2 is 1.71 bits per heavy atom. The van der Waals surface area contributed by atoms with Crippen molar-refractivity contribution in [2.24, 2.45) is 51.2 Å². The highest BCUT2D eigenvalue weighted by Gasteiger charge is 2.80. The van der Waals surface area contributed by atoms with Gasteiger partial charge in [0, 0.05) is 7.05 Å². The molecule has 0 aromatic heterocycles. The fraction of sp³-hybridized carbons (Fsp3) is 0.967. The maximum atomic E-state index is 12.0. The third-order valence-corrected chi connectivity index (χ3v) is 13.1. The maximum absolute atomic E-state index is 12.0. The molecule has 1 amide bonds. The van der Waals surface area contributed by atoms with Crippen molar-refractivity contribution in [3.8, 4) is 0 Å². The minimum atomic E-state index is -0.347. The Bertz CT molecular complexity index is 872. The summed E-state index contributed by atoms with van der Waals surface area (Å²) in [5, 5.41) is 13.5. The van der Waals surface area contributed by atoms with Gasteiger partial charge in [0.25, 0.3) is 0 Å². The van der Waals surface area contributed by atoms with E-state index < -0.39 is 0 Å². The van der Waals surface area contributed by atoms with Crippen LogP contribution in [0.25, 0.3) is 0 Å². The minimum absolute atomic E-state index is 0.00916. The first-order valence-corrected chi connectivity index (χ1v) is 14.7. The molecule has 6 unspecified atom stereocenters. The van der Waals surface area contributed by atoms with Gasteiger partial charge in [0.15, 0.2) is 0 Å². The Hall–Kier alpha value is -0.810. The van der Waals surface area contributed by atoms with Crippen LogP contribution >= 0.6 is 0 Å². The Kier molecular flexibility index (Phi) is 5.50. The van der Waals surface area contributed by atoms with Crippen LogP contribution in [0.15, 0.2) is 0 Å². The molecule has 2 N–H and O–H groups in total. The summed E-state index contributed by atoms with van der Waals surface area (Å²) in [5.74, 6) is 3.17. The van der Waals surface area contributed by atoms with Gasteiger partial charge in [-0.25, -0.2) is 4.79 Å². The van der Waals surface area contributed by atoms with Crippen LogP contribution < -0.4 is 5.32 Å². The van der Waals surface area contributed by atoms with E-state index >= 15 is 0 Å². The second kappa shape index (κ2) is 7.85. The quantitative estimate of drug-likeness (QED) is 0.517. The van der Waals surface area contributed by atoms with Crippen molar-refractivity contribution < 1.29 is 19.4 Å². The van der Waals surface area contributed by atoms with E-state index in [2.05, 4.69) is 39.9 Å². The Morgan fingerprint density at radius 1 is 0.971 bits per heavy atom. The zero-order valence-corrected chi connectivity index (χ0v) is 22.9. The Labute approximate surface area is 212 Å². The van der Waals surface area contributed by atoms with E-state index in [1.807, 2.05) is 0 Å². The van der Waals surface area contributed by atoms with Gasteiger partial charge in [-0.3, -0.25) is 0 Å². The molecule has 0 aromatic rings. The molecule has 5 saturated carbocycles. The molecule has 5 aliphatic carbocycles. The molecule has 6 aliphatic rings. The van der Waals surface area contributed by atoms with Crippen LogP contribution in [-0.4, -0.2) is 42.7 Å². The molecule has 198 valence electrons. The average Bonchev–Trinajstić information content (AvgIpc) is 3.40. The van der Waals surface area contributed by atoms with Gasteiger partial charge >= 0.3 is 6.09 Å². The molecule has 2 spiro atoms. The Balaban J connectivity index is 1.23. The molecule has 1 aliphatic heterocycles. The molecule has 0 bridgehead atoms. The maximum Gasteiger partial charge on any atom is 0.407 e. The monoisotopic (exact) mass is 487 g/mol. The molecule has 35 heavy (non-hydrogen) atoms. The summed E-state index contributed by atoms with van der Waals surface area (Å²) >= 11 is 0. The van der Waals surface area contributed by atoms with Gasteiger partial charge in [-0.15, -0.1) is 0 Å². The van der Waals surface area contributed by atoms with E-state index in [-0.39, 0.29) is 35.7 Å². The lowest BCUT2D eigenvalue weighted by atomic mass is 9.46. The average molecular weight is 488 g/mol. The predicted molar refractivity (Wildman–Crippen MR) is 136 cm³/mol. The number of hydrogen-bond donors (Lipinski definition) is 2. The number of aliphatic hydroxyl groups is 1. The molecule has 6 fully saturated rings. The third kappa shape index (κ3) is 3.15. The van der Waals surface area contributed by atoms with Crippen molar-refractivity contribution in [3.63, 3.8) is 0 Å². The SMILES string of the molecule is CNC(=O)O[C@H](C(C)C)C1CCC2C(CC3C4CCC5C(C)(C)[C@@H](O)CC[C@@]56C[C@@]46CC[C@]23C)O1. The number of aliphatic hydroxyl groups excluding tert-OH is 1. The van der Waals surface area contributed by atoms with Crippen molar-refractivity contribution in [2.45, 2.75) is 123 Å². The fourth-order valence-electron chi connectivity index (χ4n) is 11.3. The molecule has 11 atom stereocenters. The first-order valence-electron chi connectivity index (χ1n) is 14.7. The second-order valence-corrected chi connectivity index (χ2v) is 14.7. The van der Waals surface area contributed by atoms with Crippen molar-refractivity contribution in [2.75, 3.05) is 7.05 Å². The number of nitrogens with one attached hydrogen (secondary N) is 1. The van der Waals surface area contributed by atoms with Gasteiger partial charge in [0.1, 0.15) is 6.10 Å². The molecule has 0 aromatic carbocycles. The van der Waals surface area contributed by atoms with E-state index in [4.69, 9.17) is 9.47 Å². The van der Waals surface area contributed by atoms with Gasteiger partial charge < -0.3 is 19.9 Å². The van der Waals surface area contributed by atoms with Crippen molar-refractivity contribution in [3.05, 3.63) is 0 Å². The molecule has 5 nitrogen and oxygen atoms in total. The van der Waals surface area contributed by atoms with Crippen LogP contribution in [0.3, 0.4) is 0 Å². The number of carbonyl (C=O) groups is 1. The van der Waals surface area contributed by atoms with E-state index in [1.54, 1.807) is 7.05 Å². The van der Waals surface area contributed by atoms with E-state index in [0.29, 0.717) is 34.2 Å². The smallest absolute Gasteiger partial charge is 0.407 e. The van der Waals surface area contributed by atoms with Gasteiger partial charge in [0.2, 0.25) is 0 Å². The third-order valence-electron chi connectivity index (χ3n) is 13.1. The van der Waals surface area contributed by atoms with Crippen LogP contribution in [-0.2, 0) is 9.47 Å². The van der Waals surface area contributed by atoms with Crippen LogP contribution in [0.1, 0.15) is 98.8 Å². The molecule has 0 radical (unpaired) electrons. The molecule has 1 saturated heterocycles. The summed E-state index contributed by atoms with van der Waals surface area (Å²) in [7, 11) is 1.63. The van der Waals surface area contributed by atoms with Crippen LogP contribution in [0, 0.1) is 51.2 Å². The van der Waals surface area contributed by atoms with Crippen molar-refractivity contribution in [1.82, 2.24) is 5.32 Å². The number of rotatable bonds is 3. The van der Waals surface area contributed by atoms with Gasteiger partial charge in [-0.1, -0.05) is 34.6 Å². The van der Waals surface area contributed by atoms with E-state index in [9.17, 15) is 9.90 Å². The number of carbonyl (C=O) groups excluding carboxylic acids is 1. The van der Waals surface area contributed by atoms with Crippen molar-refractivity contribution in [1.29, 1.82) is 0 Å². The number of ether oxygens (including phenoxy) is 2. The lowest BCUT2D eigenvalue weighted by Crippen LogP contribution is -2.54. The standard InChI is InChI=1S/C30H49NO4/c1-17(2)25(35-26(33)31-6)21-9-7-19-22(34-21)15-20-18-8-10-23-27(3,4)24(32)11-12-30(23)16-29(18,30)14-13-28(19,20)5/h17-25,32H,7-16H2,1-6H3,(H,31,33)/t18?,19?,20?,21?,22?,23?,24-,25+,28+,29-,30+/m0/s1. The number of amides is 1. The Morgan fingerprint density at radius 3 is 2.43 bits per heavy atom. The van der Waals surface area contributed by atoms with Gasteiger partial charge in [-0.05, 0) is 115 Å². The zero-order chi connectivity index (χ0) is 25.0. The lowest BCUT2D eigenvalue weighted by Gasteiger charge is -2.59. The minimum Gasteiger partial charge on any atom is -0.443 e. The molecule has 6 rings (SSSR count). The number of hydrogen-bond acceptors (Lipinski definition) is 4. The van der Waals surface area contributed by atoms with Gasteiger partial charge in [-0.2, -0.15) is 0 Å². The lowest BCUT2D eigenvalue weighted by molar-refractivity contribution is -0.148. The topological polar surface area (TPSA) is 67.8 Å². The largest absolute Gasteiger partial charge is 0.443 e. The summed E-state index contributed by atoms with van der Waals surface area (Å²) in [6.45, 7) is 11.6. The van der Waals surface area contributed by atoms with Crippen LogP contribution in [0.5, 0.6) is 0 Å². The highest BCUT2D eigenvalue weighted by atomic mass is 16.6. The van der Waals surface area contributed by atoms with E-state index in [1.165, 1.54) is 51.4 Å². The first-order chi connectivity index (χ1) is 16.5. The summed E-state index contributed by atoms with van der Waals surface area (Å²) < 4.78 is 12.7. The molecular formula is C30H49NO4. The summed E-state index contributed by atoms with van der Waals surface area (Å²) in [5.41, 5.74) is 1.49.